The smallest absolute Gasteiger partial charge is 0.249 e. The van der Waals surface area contributed by atoms with E-state index in [0.29, 0.717) is 5.82 Å². The lowest BCUT2D eigenvalue weighted by Crippen LogP contribution is -2.38. The van der Waals surface area contributed by atoms with Crippen LogP contribution in [0, 0.1) is 5.92 Å². The van der Waals surface area contributed by atoms with Crippen LogP contribution in [0.5, 0.6) is 0 Å². The Labute approximate surface area is 146 Å². The van der Waals surface area contributed by atoms with E-state index in [1.54, 1.807) is 6.20 Å². The molecule has 7 heteroatoms. The maximum absolute atomic E-state index is 12.7. The molecular weight excluding hydrogens is 318 g/mol. The molecule has 0 spiro atoms. The van der Waals surface area contributed by atoms with Gasteiger partial charge in [-0.2, -0.15) is 0 Å². The highest BCUT2D eigenvalue weighted by molar-refractivity contribution is 5.96. The number of anilines is 2. The molecule has 130 valence electrons. The molecule has 1 aliphatic carbocycles. The van der Waals surface area contributed by atoms with Crippen LogP contribution in [-0.2, 0) is 22.6 Å². The van der Waals surface area contributed by atoms with Crippen molar-refractivity contribution in [3.63, 3.8) is 0 Å². The maximum atomic E-state index is 12.7. The second-order valence-electron chi connectivity index (χ2n) is 6.86. The highest BCUT2D eigenvalue weighted by Gasteiger charge is 2.31. The Morgan fingerprint density at radius 2 is 2.08 bits per heavy atom. The number of carbonyl (C=O) groups is 2. The summed E-state index contributed by atoms with van der Waals surface area (Å²) >= 11 is 0. The zero-order chi connectivity index (χ0) is 17.4. The second kappa shape index (κ2) is 6.31. The number of rotatable bonds is 4. The molecule has 0 bridgehead atoms. The first-order valence-electron chi connectivity index (χ1n) is 8.73. The van der Waals surface area contributed by atoms with Gasteiger partial charge in [-0.05, 0) is 37.8 Å². The molecule has 2 aliphatic rings. The topological polar surface area (TPSA) is 80.1 Å². The Bertz CT molecular complexity index is 811. The number of benzene rings is 1. The molecule has 1 atom stereocenters. The Hall–Kier alpha value is -2.70. The van der Waals surface area contributed by atoms with Gasteiger partial charge < -0.3 is 10.2 Å². The molecule has 0 radical (unpaired) electrons. The second-order valence-corrected chi connectivity index (χ2v) is 6.86. The average molecular weight is 339 g/mol. The van der Waals surface area contributed by atoms with Crippen LogP contribution in [0.4, 0.5) is 11.5 Å². The van der Waals surface area contributed by atoms with Crippen molar-refractivity contribution >= 4 is 23.3 Å². The van der Waals surface area contributed by atoms with Gasteiger partial charge >= 0.3 is 0 Å². The molecular formula is C18H21N5O2. The van der Waals surface area contributed by atoms with Crippen molar-refractivity contribution in [3.8, 4) is 0 Å². The van der Waals surface area contributed by atoms with E-state index in [9.17, 15) is 9.59 Å². The standard InChI is InChI=1S/C18H21N5O2/c1-12-9-14-5-2-3-8-15(14)23(12)17(24)11-22-10-16(20-21-22)19-18(25)13-6-4-7-13/h2-3,5,8,10,12-13H,4,6-7,9,11H2,1H3,(H,19,25). The van der Waals surface area contributed by atoms with Gasteiger partial charge in [0.15, 0.2) is 5.82 Å². The third-order valence-corrected chi connectivity index (χ3v) is 5.04. The van der Waals surface area contributed by atoms with Gasteiger partial charge in [-0.1, -0.05) is 29.8 Å². The van der Waals surface area contributed by atoms with Gasteiger partial charge in [0.05, 0.1) is 6.20 Å². The zero-order valence-corrected chi connectivity index (χ0v) is 14.2. The summed E-state index contributed by atoms with van der Waals surface area (Å²) in [5.41, 5.74) is 2.16. The molecule has 1 N–H and O–H groups in total. The highest BCUT2D eigenvalue weighted by atomic mass is 16.2. The quantitative estimate of drug-likeness (QED) is 0.924. The van der Waals surface area contributed by atoms with Gasteiger partial charge in [-0.15, -0.1) is 5.10 Å². The number of hydrogen-bond acceptors (Lipinski definition) is 4. The first-order valence-corrected chi connectivity index (χ1v) is 8.73. The number of nitrogens with zero attached hydrogens (tertiary/aromatic N) is 4. The minimum Gasteiger partial charge on any atom is -0.308 e. The summed E-state index contributed by atoms with van der Waals surface area (Å²) in [7, 11) is 0. The number of carbonyl (C=O) groups excluding carboxylic acids is 2. The van der Waals surface area contributed by atoms with Crippen LogP contribution in [0.2, 0.25) is 0 Å². The maximum Gasteiger partial charge on any atom is 0.249 e. The minimum atomic E-state index is -0.0285. The van der Waals surface area contributed by atoms with E-state index in [2.05, 4.69) is 21.7 Å². The van der Waals surface area contributed by atoms with Gasteiger partial charge in [0, 0.05) is 17.6 Å². The summed E-state index contributed by atoms with van der Waals surface area (Å²) in [5.74, 6) is 0.458. The summed E-state index contributed by atoms with van der Waals surface area (Å²) in [5, 5.41) is 10.7. The van der Waals surface area contributed by atoms with Crippen molar-refractivity contribution < 1.29 is 9.59 Å². The predicted molar refractivity (Wildman–Crippen MR) is 93.1 cm³/mol. The van der Waals surface area contributed by atoms with Crippen molar-refractivity contribution in [1.82, 2.24) is 15.0 Å². The van der Waals surface area contributed by atoms with Crippen LogP contribution in [0.1, 0.15) is 31.7 Å². The van der Waals surface area contributed by atoms with E-state index < -0.39 is 0 Å². The van der Waals surface area contributed by atoms with E-state index in [1.165, 1.54) is 10.2 Å². The van der Waals surface area contributed by atoms with Gasteiger partial charge in [-0.25, -0.2) is 4.68 Å². The van der Waals surface area contributed by atoms with Gasteiger partial charge in [0.1, 0.15) is 6.54 Å². The van der Waals surface area contributed by atoms with Crippen LogP contribution in [0.3, 0.4) is 0 Å². The fourth-order valence-electron chi connectivity index (χ4n) is 3.49. The number of amides is 2. The van der Waals surface area contributed by atoms with E-state index >= 15 is 0 Å². The molecule has 1 aromatic heterocycles. The number of aromatic nitrogens is 3. The predicted octanol–water partition coefficient (Wildman–Crippen LogP) is 1.99. The van der Waals surface area contributed by atoms with Crippen LogP contribution >= 0.6 is 0 Å². The third kappa shape index (κ3) is 3.01. The van der Waals surface area contributed by atoms with E-state index in [-0.39, 0.29) is 30.3 Å². The van der Waals surface area contributed by atoms with Gasteiger partial charge in [0.2, 0.25) is 11.8 Å². The Morgan fingerprint density at radius 3 is 2.84 bits per heavy atom. The summed E-state index contributed by atoms with van der Waals surface area (Å²) in [6, 6.07) is 8.10. The molecule has 1 aliphatic heterocycles. The first kappa shape index (κ1) is 15.8. The summed E-state index contributed by atoms with van der Waals surface area (Å²) in [6.07, 6.45) is 5.45. The van der Waals surface area contributed by atoms with Crippen molar-refractivity contribution in [3.05, 3.63) is 36.0 Å². The number of fused-ring (bicyclic) bond motifs is 1. The third-order valence-electron chi connectivity index (χ3n) is 5.04. The van der Waals surface area contributed by atoms with E-state index in [0.717, 1.165) is 31.4 Å². The van der Waals surface area contributed by atoms with E-state index in [4.69, 9.17) is 0 Å². The Morgan fingerprint density at radius 1 is 1.28 bits per heavy atom. The highest BCUT2D eigenvalue weighted by Crippen LogP contribution is 2.32. The zero-order valence-electron chi connectivity index (χ0n) is 14.2. The Kier molecular flexibility index (Phi) is 3.99. The molecule has 25 heavy (non-hydrogen) atoms. The number of hydrogen-bond donors (Lipinski definition) is 1. The molecule has 2 amide bonds. The van der Waals surface area contributed by atoms with Crippen LogP contribution < -0.4 is 10.2 Å². The fraction of sp³-hybridized carbons (Fsp3) is 0.444. The lowest BCUT2D eigenvalue weighted by molar-refractivity contribution is -0.122. The largest absolute Gasteiger partial charge is 0.308 e. The molecule has 7 nitrogen and oxygen atoms in total. The van der Waals surface area contributed by atoms with Crippen LogP contribution in [0.25, 0.3) is 0 Å². The lowest BCUT2D eigenvalue weighted by Gasteiger charge is -2.23. The van der Waals surface area contributed by atoms with Gasteiger partial charge in [0.25, 0.3) is 0 Å². The van der Waals surface area contributed by atoms with Gasteiger partial charge in [-0.3, -0.25) is 9.59 Å². The normalized spacial score (nSPS) is 19.4. The van der Waals surface area contributed by atoms with Crippen molar-refractivity contribution in [2.75, 3.05) is 10.2 Å². The number of nitrogens with one attached hydrogen (secondary N) is 1. The summed E-state index contributed by atoms with van der Waals surface area (Å²) in [4.78, 5) is 26.5. The molecule has 1 aromatic carbocycles. The monoisotopic (exact) mass is 339 g/mol. The van der Waals surface area contributed by atoms with Crippen LogP contribution in [-0.4, -0.2) is 32.9 Å². The Balaban J connectivity index is 1.42. The molecule has 1 unspecified atom stereocenters. The van der Waals surface area contributed by atoms with Crippen molar-refractivity contribution in [2.45, 2.75) is 45.2 Å². The SMILES string of the molecule is CC1Cc2ccccc2N1C(=O)Cn1cc(NC(=O)C2CCC2)nn1. The first-order chi connectivity index (χ1) is 12.1. The molecule has 4 rings (SSSR count). The average Bonchev–Trinajstić information content (AvgIpc) is 3.08. The van der Waals surface area contributed by atoms with Crippen molar-refractivity contribution in [2.24, 2.45) is 5.92 Å². The molecule has 1 fully saturated rings. The summed E-state index contributed by atoms with van der Waals surface area (Å²) in [6.45, 7) is 2.15. The number of para-hydroxylation sites is 1. The fourth-order valence-corrected chi connectivity index (χ4v) is 3.49. The van der Waals surface area contributed by atoms with Crippen molar-refractivity contribution in [1.29, 1.82) is 0 Å². The van der Waals surface area contributed by atoms with E-state index in [1.807, 2.05) is 30.0 Å². The molecule has 0 saturated heterocycles. The van der Waals surface area contributed by atoms with Crippen LogP contribution in [0.15, 0.2) is 30.5 Å². The summed E-state index contributed by atoms with van der Waals surface area (Å²) < 4.78 is 1.48. The minimum absolute atomic E-state index is 0.00767. The molecule has 2 heterocycles. The molecule has 1 saturated carbocycles. The molecule has 2 aromatic rings. The lowest BCUT2D eigenvalue weighted by atomic mass is 9.85.